The first-order chi connectivity index (χ1) is 9.18. The van der Waals surface area contributed by atoms with Crippen LogP contribution < -0.4 is 0 Å². The fraction of sp³-hybridized carbons (Fsp3) is 0.143. The van der Waals surface area contributed by atoms with Crippen molar-refractivity contribution in [2.45, 2.75) is 13.0 Å². The molecule has 0 aliphatic carbocycles. The summed E-state index contributed by atoms with van der Waals surface area (Å²) >= 11 is 5.31. The first-order valence-corrected chi connectivity index (χ1v) is 6.38. The van der Waals surface area contributed by atoms with Crippen LogP contribution in [-0.2, 0) is 0 Å². The Labute approximate surface area is 114 Å². The third-order valence-corrected chi connectivity index (χ3v) is 3.55. The smallest absolute Gasteiger partial charge is 0.178 e. The second kappa shape index (κ2) is 4.59. The maximum atomic E-state index is 13.7. The molecule has 3 rings (SSSR count). The number of fused-ring (bicyclic) bond motifs is 1. The number of rotatable bonds is 2. The third-order valence-electron chi connectivity index (χ3n) is 3.26. The molecule has 19 heavy (non-hydrogen) atoms. The van der Waals surface area contributed by atoms with Gasteiger partial charge in [-0.15, -0.1) is 0 Å². The van der Waals surface area contributed by atoms with Crippen molar-refractivity contribution in [3.05, 3.63) is 58.9 Å². The molecule has 1 N–H and O–H groups in total. The average molecular weight is 273 g/mol. The summed E-state index contributed by atoms with van der Waals surface area (Å²) < 4.78 is 16.2. The molecule has 2 heterocycles. The number of pyridine rings is 1. The fourth-order valence-electron chi connectivity index (χ4n) is 2.27. The molecule has 0 aliphatic rings. The van der Waals surface area contributed by atoms with Crippen molar-refractivity contribution in [2.75, 3.05) is 0 Å². The number of hydrogen-bond acceptors (Lipinski definition) is 2. The maximum Gasteiger partial charge on any atom is 0.178 e. The molecular weight excluding hydrogens is 261 g/mol. The average Bonchev–Trinajstić information content (AvgIpc) is 2.77. The van der Waals surface area contributed by atoms with E-state index in [2.05, 4.69) is 9.97 Å². The highest BCUT2D eigenvalue weighted by Gasteiger charge is 2.14. The van der Waals surface area contributed by atoms with Crippen LogP contribution in [-0.4, -0.2) is 14.5 Å². The number of halogens is 1. The van der Waals surface area contributed by atoms with Crippen molar-refractivity contribution in [3.63, 3.8) is 0 Å². The lowest BCUT2D eigenvalue weighted by Gasteiger charge is -2.14. The molecule has 0 amide bonds. The van der Waals surface area contributed by atoms with Crippen LogP contribution >= 0.6 is 12.2 Å². The summed E-state index contributed by atoms with van der Waals surface area (Å²) in [5, 5.41) is 0. The summed E-state index contributed by atoms with van der Waals surface area (Å²) in [4.78, 5) is 7.04. The van der Waals surface area contributed by atoms with E-state index in [1.54, 1.807) is 18.5 Å². The Bertz CT molecular complexity index is 776. The van der Waals surface area contributed by atoms with Gasteiger partial charge in [0.15, 0.2) is 4.77 Å². The lowest BCUT2D eigenvalue weighted by atomic mass is 10.1. The van der Waals surface area contributed by atoms with Gasteiger partial charge in [0, 0.05) is 12.4 Å². The van der Waals surface area contributed by atoms with Crippen LogP contribution in [0.25, 0.3) is 11.0 Å². The molecule has 0 fully saturated rings. The number of benzene rings is 1. The van der Waals surface area contributed by atoms with Gasteiger partial charge in [-0.2, -0.15) is 0 Å². The zero-order valence-electron chi connectivity index (χ0n) is 10.3. The first kappa shape index (κ1) is 12.0. The molecule has 0 spiro atoms. The molecule has 3 nitrogen and oxygen atoms in total. The topological polar surface area (TPSA) is 33.6 Å². The molecular formula is C14H12FN3S. The number of aromatic amines is 1. The second-order valence-electron chi connectivity index (χ2n) is 4.40. The number of hydrogen-bond donors (Lipinski definition) is 1. The van der Waals surface area contributed by atoms with Crippen molar-refractivity contribution in [2.24, 2.45) is 0 Å². The predicted molar refractivity (Wildman–Crippen MR) is 75.1 cm³/mol. The molecule has 5 heteroatoms. The standard InChI is InChI=1S/C14H12FN3S/c1-9(10-4-3-7-16-8-10)18-12-6-2-5-11(15)13(12)17-14(18)19/h2-9H,1H3,(H,17,19). The van der Waals surface area contributed by atoms with Gasteiger partial charge in [-0.25, -0.2) is 4.39 Å². The van der Waals surface area contributed by atoms with E-state index in [9.17, 15) is 4.39 Å². The van der Waals surface area contributed by atoms with E-state index >= 15 is 0 Å². The van der Waals surface area contributed by atoms with Gasteiger partial charge in [-0.1, -0.05) is 12.1 Å². The van der Waals surface area contributed by atoms with Crippen LogP contribution in [0.1, 0.15) is 18.5 Å². The van der Waals surface area contributed by atoms with Crippen molar-refractivity contribution < 1.29 is 4.39 Å². The maximum absolute atomic E-state index is 13.7. The Morgan fingerprint density at radius 3 is 2.89 bits per heavy atom. The quantitative estimate of drug-likeness (QED) is 0.720. The molecule has 0 saturated carbocycles. The Hall–Kier alpha value is -2.01. The number of nitrogens with one attached hydrogen (secondary N) is 1. The van der Waals surface area contributed by atoms with Crippen molar-refractivity contribution in [1.29, 1.82) is 0 Å². The van der Waals surface area contributed by atoms with E-state index in [0.717, 1.165) is 11.1 Å². The van der Waals surface area contributed by atoms with Gasteiger partial charge in [0.05, 0.1) is 11.6 Å². The Balaban J connectivity index is 2.23. The summed E-state index contributed by atoms with van der Waals surface area (Å²) in [5.74, 6) is -0.291. The Kier molecular flexibility index (Phi) is 2.91. The molecule has 0 saturated heterocycles. The summed E-state index contributed by atoms with van der Waals surface area (Å²) in [6.07, 6.45) is 3.52. The van der Waals surface area contributed by atoms with Gasteiger partial charge in [-0.05, 0) is 42.9 Å². The molecule has 1 unspecified atom stereocenters. The number of H-pyrrole nitrogens is 1. The largest absolute Gasteiger partial charge is 0.328 e. The van der Waals surface area contributed by atoms with Gasteiger partial charge in [0.2, 0.25) is 0 Å². The molecule has 1 atom stereocenters. The molecule has 0 bridgehead atoms. The minimum absolute atomic E-state index is 0.00301. The van der Waals surface area contributed by atoms with E-state index < -0.39 is 0 Å². The van der Waals surface area contributed by atoms with Gasteiger partial charge >= 0.3 is 0 Å². The van der Waals surface area contributed by atoms with E-state index in [-0.39, 0.29) is 11.9 Å². The number of aromatic nitrogens is 3. The van der Waals surface area contributed by atoms with Gasteiger partial charge in [0.25, 0.3) is 0 Å². The molecule has 3 aromatic rings. The predicted octanol–water partition coefficient (Wildman–Crippen LogP) is 3.84. The number of imidazole rings is 1. The molecule has 0 aliphatic heterocycles. The SMILES string of the molecule is CC(c1cccnc1)n1c(=S)[nH]c2c(F)cccc21. The zero-order chi connectivity index (χ0) is 13.4. The molecule has 0 radical (unpaired) electrons. The van der Waals surface area contributed by atoms with Gasteiger partial charge < -0.3 is 9.55 Å². The Morgan fingerprint density at radius 2 is 2.16 bits per heavy atom. The second-order valence-corrected chi connectivity index (χ2v) is 4.78. The third kappa shape index (κ3) is 1.96. The van der Waals surface area contributed by atoms with Crippen LogP contribution in [0, 0.1) is 10.6 Å². The van der Waals surface area contributed by atoms with Crippen LogP contribution in [0.2, 0.25) is 0 Å². The first-order valence-electron chi connectivity index (χ1n) is 5.97. The van der Waals surface area contributed by atoms with Gasteiger partial charge in [0.1, 0.15) is 11.3 Å². The highest BCUT2D eigenvalue weighted by molar-refractivity contribution is 7.71. The van der Waals surface area contributed by atoms with E-state index in [1.807, 2.05) is 29.7 Å². The van der Waals surface area contributed by atoms with Crippen LogP contribution in [0.3, 0.4) is 0 Å². The minimum Gasteiger partial charge on any atom is -0.328 e. The zero-order valence-corrected chi connectivity index (χ0v) is 11.1. The molecule has 1 aromatic carbocycles. The monoisotopic (exact) mass is 273 g/mol. The number of para-hydroxylation sites is 1. The lowest BCUT2D eigenvalue weighted by Crippen LogP contribution is -2.07. The van der Waals surface area contributed by atoms with Crippen LogP contribution in [0.15, 0.2) is 42.7 Å². The highest BCUT2D eigenvalue weighted by Crippen LogP contribution is 2.25. The molecule has 96 valence electrons. The van der Waals surface area contributed by atoms with Crippen molar-refractivity contribution >= 4 is 23.3 Å². The van der Waals surface area contributed by atoms with Gasteiger partial charge in [-0.3, -0.25) is 4.98 Å². The lowest BCUT2D eigenvalue weighted by molar-refractivity contribution is 0.636. The van der Waals surface area contributed by atoms with E-state index in [4.69, 9.17) is 12.2 Å². The summed E-state index contributed by atoms with van der Waals surface area (Å²) in [7, 11) is 0. The van der Waals surface area contributed by atoms with E-state index in [0.29, 0.717) is 10.3 Å². The van der Waals surface area contributed by atoms with Crippen molar-refractivity contribution in [1.82, 2.24) is 14.5 Å². The molecule has 2 aromatic heterocycles. The Morgan fingerprint density at radius 1 is 1.32 bits per heavy atom. The highest BCUT2D eigenvalue weighted by atomic mass is 32.1. The minimum atomic E-state index is -0.291. The summed E-state index contributed by atoms with van der Waals surface area (Å²) in [6, 6.07) is 8.83. The normalized spacial score (nSPS) is 12.7. The van der Waals surface area contributed by atoms with Crippen LogP contribution in [0.5, 0.6) is 0 Å². The van der Waals surface area contributed by atoms with E-state index in [1.165, 1.54) is 6.07 Å². The number of nitrogens with zero attached hydrogens (tertiary/aromatic N) is 2. The summed E-state index contributed by atoms with van der Waals surface area (Å²) in [5.41, 5.74) is 2.24. The van der Waals surface area contributed by atoms with Crippen molar-refractivity contribution in [3.8, 4) is 0 Å². The van der Waals surface area contributed by atoms with Crippen LogP contribution in [0.4, 0.5) is 4.39 Å². The fourth-order valence-corrected chi connectivity index (χ4v) is 2.63. The summed E-state index contributed by atoms with van der Waals surface area (Å²) in [6.45, 7) is 2.02.